The van der Waals surface area contributed by atoms with Crippen LogP contribution < -0.4 is 0 Å². The molecule has 0 spiro atoms. The second-order valence-electron chi connectivity index (χ2n) is 12.6. The quantitative estimate of drug-likeness (QED) is 0.179. The van der Waals surface area contributed by atoms with E-state index in [1.165, 1.54) is 35.4 Å². The SMILES string of the molecule is CC(C)Cc1ccc(-c2nc(-c3ccc(F)cc3)c(-c3nc(-c4ccc(CC(C)C)cc4)n(C)c3-c3ccc(F)cc3)[nH]2)cc1. The van der Waals surface area contributed by atoms with Crippen molar-refractivity contribution in [2.45, 2.75) is 40.5 Å². The van der Waals surface area contributed by atoms with E-state index in [1.807, 2.05) is 7.05 Å². The summed E-state index contributed by atoms with van der Waals surface area (Å²) in [6.45, 7) is 8.85. The summed E-state index contributed by atoms with van der Waals surface area (Å²) in [5, 5.41) is 0. The van der Waals surface area contributed by atoms with Gasteiger partial charge >= 0.3 is 0 Å². The molecule has 2 heterocycles. The van der Waals surface area contributed by atoms with E-state index < -0.39 is 0 Å². The summed E-state index contributed by atoms with van der Waals surface area (Å²) in [4.78, 5) is 13.9. The molecule has 228 valence electrons. The maximum atomic E-state index is 14.1. The number of benzene rings is 4. The van der Waals surface area contributed by atoms with Gasteiger partial charge in [-0.15, -0.1) is 0 Å². The fourth-order valence-corrected chi connectivity index (χ4v) is 5.90. The lowest BCUT2D eigenvalue weighted by atomic mass is 10.0. The van der Waals surface area contributed by atoms with Crippen LogP contribution in [-0.4, -0.2) is 19.5 Å². The molecule has 6 heteroatoms. The first kappa shape index (κ1) is 30.2. The number of nitrogens with one attached hydrogen (secondary N) is 1. The molecule has 0 radical (unpaired) electrons. The fraction of sp³-hybridized carbons (Fsp3) is 0.231. The summed E-state index contributed by atoms with van der Waals surface area (Å²) in [6, 6.07) is 29.8. The number of hydrogen-bond acceptors (Lipinski definition) is 2. The molecule has 4 nitrogen and oxygen atoms in total. The molecule has 0 unspecified atom stereocenters. The standard InChI is InChI=1S/C39H38F2N4/c1-24(2)22-26-6-10-30(11-7-26)38-42-34(28-14-18-32(40)19-15-28)35(43-38)36-37(29-16-20-33(41)21-17-29)45(5)39(44-36)31-12-8-27(9-13-31)23-25(3)4/h6-21,24-25H,22-23H2,1-5H3,(H,42,43). The molecule has 0 fully saturated rings. The van der Waals surface area contributed by atoms with Crippen LogP contribution in [0.25, 0.3) is 56.7 Å². The van der Waals surface area contributed by atoms with Crippen molar-refractivity contribution in [2.75, 3.05) is 0 Å². The second-order valence-corrected chi connectivity index (χ2v) is 12.6. The van der Waals surface area contributed by atoms with Gasteiger partial charge in [0.15, 0.2) is 0 Å². The zero-order chi connectivity index (χ0) is 31.7. The predicted octanol–water partition coefficient (Wildman–Crippen LogP) is 10.2. The molecule has 6 aromatic rings. The van der Waals surface area contributed by atoms with Crippen molar-refractivity contribution in [3.8, 4) is 56.7 Å². The maximum Gasteiger partial charge on any atom is 0.140 e. The molecule has 0 atom stereocenters. The Morgan fingerprint density at radius 1 is 0.578 bits per heavy atom. The number of aromatic amines is 1. The Labute approximate surface area is 263 Å². The Bertz CT molecular complexity index is 1900. The summed E-state index contributed by atoms with van der Waals surface area (Å²) in [5.41, 5.74) is 8.92. The van der Waals surface area contributed by atoms with Crippen LogP contribution in [0, 0.1) is 23.5 Å². The first-order valence-electron chi connectivity index (χ1n) is 15.5. The van der Waals surface area contributed by atoms with Crippen molar-refractivity contribution < 1.29 is 8.78 Å². The third kappa shape index (κ3) is 6.51. The Kier molecular flexibility index (Phi) is 8.48. The smallest absolute Gasteiger partial charge is 0.140 e. The van der Waals surface area contributed by atoms with Gasteiger partial charge in [-0.3, -0.25) is 0 Å². The van der Waals surface area contributed by atoms with Crippen molar-refractivity contribution in [3.05, 3.63) is 120 Å². The van der Waals surface area contributed by atoms with Gasteiger partial charge in [0.05, 0.1) is 17.1 Å². The lowest BCUT2D eigenvalue weighted by molar-refractivity contribution is 0.627. The van der Waals surface area contributed by atoms with E-state index in [9.17, 15) is 8.78 Å². The minimum atomic E-state index is -0.315. The molecule has 0 saturated heterocycles. The van der Waals surface area contributed by atoms with Crippen molar-refractivity contribution in [2.24, 2.45) is 18.9 Å². The lowest BCUT2D eigenvalue weighted by Crippen LogP contribution is -1.97. The van der Waals surface area contributed by atoms with E-state index >= 15 is 0 Å². The van der Waals surface area contributed by atoms with Crippen LogP contribution in [-0.2, 0) is 19.9 Å². The number of nitrogens with zero attached hydrogens (tertiary/aromatic N) is 3. The zero-order valence-corrected chi connectivity index (χ0v) is 26.4. The third-order valence-electron chi connectivity index (χ3n) is 8.00. The van der Waals surface area contributed by atoms with Crippen LogP contribution in [0.3, 0.4) is 0 Å². The van der Waals surface area contributed by atoms with Gasteiger partial charge in [0.2, 0.25) is 0 Å². The topological polar surface area (TPSA) is 46.5 Å². The van der Waals surface area contributed by atoms with Gasteiger partial charge in [0.25, 0.3) is 0 Å². The summed E-state index contributed by atoms with van der Waals surface area (Å²) >= 11 is 0. The Morgan fingerprint density at radius 3 is 1.56 bits per heavy atom. The Balaban J connectivity index is 1.54. The normalized spacial score (nSPS) is 11.6. The number of H-pyrrole nitrogens is 1. The summed E-state index contributed by atoms with van der Waals surface area (Å²) in [6.07, 6.45) is 2.00. The third-order valence-corrected chi connectivity index (χ3v) is 8.00. The highest BCUT2D eigenvalue weighted by molar-refractivity contribution is 5.88. The van der Waals surface area contributed by atoms with Crippen LogP contribution in [0.5, 0.6) is 0 Å². The number of aromatic nitrogens is 4. The molecule has 2 aromatic heterocycles. The molecule has 45 heavy (non-hydrogen) atoms. The predicted molar refractivity (Wildman–Crippen MR) is 180 cm³/mol. The molecular weight excluding hydrogens is 562 g/mol. The molecule has 0 aliphatic carbocycles. The Hall–Kier alpha value is -4.84. The van der Waals surface area contributed by atoms with E-state index in [4.69, 9.17) is 9.97 Å². The van der Waals surface area contributed by atoms with E-state index in [2.05, 4.69) is 85.8 Å². The number of halogens is 2. The molecular formula is C39H38F2N4. The molecule has 0 aliphatic rings. The van der Waals surface area contributed by atoms with E-state index in [0.717, 1.165) is 46.6 Å². The van der Waals surface area contributed by atoms with Gasteiger partial charge in [-0.25, -0.2) is 18.7 Å². The average molecular weight is 601 g/mol. The van der Waals surface area contributed by atoms with Crippen LogP contribution in [0.2, 0.25) is 0 Å². The first-order valence-corrected chi connectivity index (χ1v) is 15.5. The highest BCUT2D eigenvalue weighted by atomic mass is 19.1. The average Bonchev–Trinajstić information content (AvgIpc) is 3.60. The van der Waals surface area contributed by atoms with Gasteiger partial charge in [-0.05, 0) is 84.3 Å². The van der Waals surface area contributed by atoms with E-state index in [0.29, 0.717) is 34.7 Å². The second kappa shape index (κ2) is 12.6. The summed E-state index contributed by atoms with van der Waals surface area (Å²) in [5.74, 6) is 1.97. The summed E-state index contributed by atoms with van der Waals surface area (Å²) in [7, 11) is 1.98. The van der Waals surface area contributed by atoms with E-state index in [-0.39, 0.29) is 11.6 Å². The number of rotatable bonds is 9. The zero-order valence-electron chi connectivity index (χ0n) is 26.4. The minimum absolute atomic E-state index is 0.305. The number of hydrogen-bond donors (Lipinski definition) is 1. The molecule has 1 N–H and O–H groups in total. The molecule has 4 aromatic carbocycles. The molecule has 0 amide bonds. The van der Waals surface area contributed by atoms with Crippen LogP contribution in [0.1, 0.15) is 38.8 Å². The molecule has 0 bridgehead atoms. The molecule has 0 aliphatic heterocycles. The molecule has 6 rings (SSSR count). The summed E-state index contributed by atoms with van der Waals surface area (Å²) < 4.78 is 30.1. The van der Waals surface area contributed by atoms with Gasteiger partial charge < -0.3 is 9.55 Å². The van der Waals surface area contributed by atoms with Gasteiger partial charge in [-0.2, -0.15) is 0 Å². The van der Waals surface area contributed by atoms with Crippen LogP contribution >= 0.6 is 0 Å². The van der Waals surface area contributed by atoms with Gasteiger partial charge in [-0.1, -0.05) is 76.2 Å². The maximum absolute atomic E-state index is 14.1. The largest absolute Gasteiger partial charge is 0.336 e. The van der Waals surface area contributed by atoms with Crippen molar-refractivity contribution >= 4 is 0 Å². The van der Waals surface area contributed by atoms with Crippen LogP contribution in [0.15, 0.2) is 97.1 Å². The van der Waals surface area contributed by atoms with Gasteiger partial charge in [0, 0.05) is 29.3 Å². The monoisotopic (exact) mass is 600 g/mol. The first-order chi connectivity index (χ1) is 21.7. The van der Waals surface area contributed by atoms with Gasteiger partial charge in [0.1, 0.15) is 29.0 Å². The molecule has 0 saturated carbocycles. The van der Waals surface area contributed by atoms with E-state index in [1.54, 1.807) is 24.3 Å². The van der Waals surface area contributed by atoms with Crippen molar-refractivity contribution in [3.63, 3.8) is 0 Å². The Morgan fingerprint density at radius 2 is 1.04 bits per heavy atom. The highest BCUT2D eigenvalue weighted by Gasteiger charge is 2.25. The van der Waals surface area contributed by atoms with Crippen molar-refractivity contribution in [1.29, 1.82) is 0 Å². The van der Waals surface area contributed by atoms with Crippen LogP contribution in [0.4, 0.5) is 8.78 Å². The minimum Gasteiger partial charge on any atom is -0.336 e. The van der Waals surface area contributed by atoms with Crippen molar-refractivity contribution in [1.82, 2.24) is 19.5 Å². The lowest BCUT2D eigenvalue weighted by Gasteiger charge is -2.09. The fourth-order valence-electron chi connectivity index (χ4n) is 5.90. The number of imidazole rings is 2. The highest BCUT2D eigenvalue weighted by Crippen LogP contribution is 2.40.